The normalized spacial score (nSPS) is 21.7. The van der Waals surface area contributed by atoms with Gasteiger partial charge in [0.2, 0.25) is 11.8 Å². The van der Waals surface area contributed by atoms with Crippen LogP contribution in [-0.4, -0.2) is 70.7 Å². The Bertz CT molecular complexity index is 946. The highest BCUT2D eigenvalue weighted by Crippen LogP contribution is 2.39. The molecule has 2 aliphatic rings. The number of thiophene rings is 1. The highest BCUT2D eigenvalue weighted by molar-refractivity contribution is 8.00. The van der Waals surface area contributed by atoms with E-state index in [0.717, 1.165) is 4.88 Å². The molecule has 0 radical (unpaired) electrons. The third-order valence-electron chi connectivity index (χ3n) is 4.95. The van der Waals surface area contributed by atoms with E-state index >= 15 is 0 Å². The maximum Gasteiger partial charge on any atom is 0.328 e. The van der Waals surface area contributed by atoms with E-state index in [1.165, 1.54) is 41.8 Å². The summed E-state index contributed by atoms with van der Waals surface area (Å²) < 4.78 is 5.22. The summed E-state index contributed by atoms with van der Waals surface area (Å²) in [5.74, 6) is -1.46. The molecule has 2 aliphatic heterocycles. The van der Waals surface area contributed by atoms with Crippen LogP contribution in [0.15, 0.2) is 28.8 Å². The van der Waals surface area contributed by atoms with Crippen molar-refractivity contribution in [3.8, 4) is 0 Å². The number of nitrogens with two attached hydrogens (primary N) is 1. The highest BCUT2D eigenvalue weighted by atomic mass is 32.2. The zero-order valence-corrected chi connectivity index (χ0v) is 19.2. The van der Waals surface area contributed by atoms with Crippen molar-refractivity contribution in [1.29, 1.82) is 0 Å². The van der Waals surface area contributed by atoms with Crippen molar-refractivity contribution in [2.75, 3.05) is 12.4 Å². The summed E-state index contributed by atoms with van der Waals surface area (Å²) >= 11 is 2.84. The van der Waals surface area contributed by atoms with Gasteiger partial charge in [0.15, 0.2) is 6.29 Å². The number of nitrogens with zero attached hydrogens (tertiary/aromatic N) is 1. The summed E-state index contributed by atoms with van der Waals surface area (Å²) in [6.07, 6.45) is 0.743. The van der Waals surface area contributed by atoms with Gasteiger partial charge in [0.1, 0.15) is 24.1 Å². The van der Waals surface area contributed by atoms with Gasteiger partial charge in [-0.25, -0.2) is 4.79 Å². The first-order valence-corrected chi connectivity index (χ1v) is 11.8. The Hall–Kier alpha value is -2.70. The molecule has 3 amide bonds. The van der Waals surface area contributed by atoms with Crippen molar-refractivity contribution in [3.05, 3.63) is 33.7 Å². The van der Waals surface area contributed by atoms with Crippen LogP contribution in [0.4, 0.5) is 0 Å². The largest absolute Gasteiger partial charge is 0.460 e. The van der Waals surface area contributed by atoms with E-state index < -0.39 is 35.4 Å². The predicted molar refractivity (Wildman–Crippen MR) is 118 cm³/mol. The SMILES string of the molecule is C[C@H](N)C(=O)N[C@@H](C)C(=O)OCC1=C(C=O)N2C(=O)[C@@H](NC(=O)Cc3cccs3)[C@H]2SC1. The van der Waals surface area contributed by atoms with Crippen molar-refractivity contribution in [1.82, 2.24) is 15.5 Å². The Morgan fingerprint density at radius 1 is 1.38 bits per heavy atom. The molecule has 3 rings (SSSR count). The lowest BCUT2D eigenvalue weighted by molar-refractivity contribution is -0.147. The molecule has 0 saturated carbocycles. The molecular formula is C20H24N4O6S2. The summed E-state index contributed by atoms with van der Waals surface area (Å²) in [6.45, 7) is 2.77. The number of carbonyl (C=O) groups excluding carboxylic acids is 5. The average molecular weight is 481 g/mol. The average Bonchev–Trinajstić information content (AvgIpc) is 3.27. The molecule has 0 aliphatic carbocycles. The zero-order chi connectivity index (χ0) is 23.4. The van der Waals surface area contributed by atoms with E-state index in [9.17, 15) is 24.0 Å². The summed E-state index contributed by atoms with van der Waals surface area (Å²) in [4.78, 5) is 62.5. The van der Waals surface area contributed by atoms with Gasteiger partial charge in [-0.15, -0.1) is 23.1 Å². The van der Waals surface area contributed by atoms with Gasteiger partial charge >= 0.3 is 5.97 Å². The molecule has 0 spiro atoms. The van der Waals surface area contributed by atoms with Crippen molar-refractivity contribution < 1.29 is 28.7 Å². The first-order valence-electron chi connectivity index (χ1n) is 9.89. The number of esters is 1. The number of nitrogens with one attached hydrogen (secondary N) is 2. The number of fused-ring (bicyclic) bond motifs is 1. The van der Waals surface area contributed by atoms with Gasteiger partial charge in [0.05, 0.1) is 18.2 Å². The fourth-order valence-electron chi connectivity index (χ4n) is 3.19. The summed E-state index contributed by atoms with van der Waals surface area (Å²) in [5, 5.41) is 6.65. The molecular weight excluding hydrogens is 456 g/mol. The van der Waals surface area contributed by atoms with Gasteiger partial charge in [0, 0.05) is 16.2 Å². The molecule has 4 N–H and O–H groups in total. The fraction of sp³-hybridized carbons (Fsp3) is 0.450. The highest BCUT2D eigenvalue weighted by Gasteiger charge is 2.52. The molecule has 172 valence electrons. The lowest BCUT2D eigenvalue weighted by Crippen LogP contribution is -2.70. The monoisotopic (exact) mass is 480 g/mol. The number of hydrogen-bond acceptors (Lipinski definition) is 9. The Morgan fingerprint density at radius 2 is 2.12 bits per heavy atom. The number of allylic oxidation sites excluding steroid dienone is 1. The Kier molecular flexibility index (Phi) is 7.69. The van der Waals surface area contributed by atoms with Gasteiger partial charge in [-0.3, -0.25) is 24.1 Å². The topological polar surface area (TPSA) is 148 Å². The Balaban J connectivity index is 1.57. The van der Waals surface area contributed by atoms with Crippen molar-refractivity contribution in [2.24, 2.45) is 5.73 Å². The maximum absolute atomic E-state index is 12.6. The lowest BCUT2D eigenvalue weighted by Gasteiger charge is -2.49. The summed E-state index contributed by atoms with van der Waals surface area (Å²) in [7, 11) is 0. The molecule has 0 unspecified atom stereocenters. The minimum atomic E-state index is -0.911. The molecule has 3 heterocycles. The van der Waals surface area contributed by atoms with Crippen LogP contribution in [0.2, 0.25) is 0 Å². The number of aldehydes is 1. The van der Waals surface area contributed by atoms with Gasteiger partial charge in [-0.1, -0.05) is 6.07 Å². The van der Waals surface area contributed by atoms with E-state index in [1.807, 2.05) is 17.5 Å². The standard InChI is InChI=1S/C20H24N4O6S2/c1-10(21)17(27)22-11(2)20(29)30-8-12-9-32-19-16(18(28)24(19)14(12)7-25)23-15(26)6-13-4-3-5-31-13/h3-5,7,10-11,16,19H,6,8-9,21H2,1-2H3,(H,22,27)(H,23,26)/t10-,11-,16+,19+/m0/s1. The number of thioether (sulfide) groups is 1. The number of ether oxygens (including phenoxy) is 1. The van der Waals surface area contributed by atoms with E-state index in [2.05, 4.69) is 10.6 Å². The first-order chi connectivity index (χ1) is 15.2. The summed E-state index contributed by atoms with van der Waals surface area (Å²) in [5.41, 5.74) is 6.08. The molecule has 4 atom stereocenters. The number of carbonyl (C=O) groups is 5. The van der Waals surface area contributed by atoms with Gasteiger partial charge < -0.3 is 21.1 Å². The van der Waals surface area contributed by atoms with E-state index in [4.69, 9.17) is 10.5 Å². The van der Waals surface area contributed by atoms with E-state index in [-0.39, 0.29) is 30.5 Å². The van der Waals surface area contributed by atoms with Crippen molar-refractivity contribution in [3.63, 3.8) is 0 Å². The molecule has 32 heavy (non-hydrogen) atoms. The second-order valence-electron chi connectivity index (χ2n) is 7.44. The van der Waals surface area contributed by atoms with Crippen LogP contribution in [0.1, 0.15) is 18.7 Å². The lowest BCUT2D eigenvalue weighted by atomic mass is 10.0. The second-order valence-corrected chi connectivity index (χ2v) is 9.58. The quantitative estimate of drug-likeness (QED) is 0.244. The number of rotatable bonds is 9. The van der Waals surface area contributed by atoms with Crippen molar-refractivity contribution >= 4 is 53.1 Å². The van der Waals surface area contributed by atoms with Crippen LogP contribution in [0, 0.1) is 0 Å². The number of β-lactam (4-membered cyclic amide) rings is 1. The molecule has 1 aromatic rings. The van der Waals surface area contributed by atoms with Gasteiger partial charge in [-0.2, -0.15) is 0 Å². The molecule has 0 aromatic carbocycles. The summed E-state index contributed by atoms with van der Waals surface area (Å²) in [6, 6.07) is 1.31. The minimum Gasteiger partial charge on any atom is -0.460 e. The smallest absolute Gasteiger partial charge is 0.328 e. The van der Waals surface area contributed by atoms with Crippen LogP contribution in [-0.2, 0) is 35.1 Å². The van der Waals surface area contributed by atoms with Crippen LogP contribution >= 0.6 is 23.1 Å². The van der Waals surface area contributed by atoms with E-state index in [0.29, 0.717) is 17.6 Å². The van der Waals surface area contributed by atoms with E-state index in [1.54, 1.807) is 0 Å². The van der Waals surface area contributed by atoms with Gasteiger partial charge in [0.25, 0.3) is 5.91 Å². The first kappa shape index (κ1) is 24.0. The van der Waals surface area contributed by atoms with Crippen LogP contribution in [0.3, 0.4) is 0 Å². The number of hydrogen-bond donors (Lipinski definition) is 3. The molecule has 1 fully saturated rings. The molecule has 12 heteroatoms. The van der Waals surface area contributed by atoms with Crippen LogP contribution in [0.25, 0.3) is 0 Å². The maximum atomic E-state index is 12.6. The fourth-order valence-corrected chi connectivity index (χ4v) is 5.24. The Morgan fingerprint density at radius 3 is 2.75 bits per heavy atom. The number of amides is 3. The third-order valence-corrected chi connectivity index (χ3v) is 7.17. The molecule has 0 bridgehead atoms. The zero-order valence-electron chi connectivity index (χ0n) is 17.5. The third kappa shape index (κ3) is 5.19. The minimum absolute atomic E-state index is 0.141. The molecule has 10 nitrogen and oxygen atoms in total. The van der Waals surface area contributed by atoms with Crippen LogP contribution < -0.4 is 16.4 Å². The molecule has 1 aromatic heterocycles. The van der Waals surface area contributed by atoms with Crippen LogP contribution in [0.5, 0.6) is 0 Å². The van der Waals surface area contributed by atoms with Gasteiger partial charge in [-0.05, 0) is 25.3 Å². The predicted octanol–water partition coefficient (Wildman–Crippen LogP) is -0.461. The Labute approximate surface area is 192 Å². The van der Waals surface area contributed by atoms with Crippen molar-refractivity contribution in [2.45, 2.75) is 43.8 Å². The second kappa shape index (κ2) is 10.3. The molecule has 1 saturated heterocycles.